The molecule has 15 heavy (non-hydrogen) atoms. The van der Waals surface area contributed by atoms with Gasteiger partial charge in [0.1, 0.15) is 5.75 Å². The van der Waals surface area contributed by atoms with Gasteiger partial charge in [-0.1, -0.05) is 0 Å². The number of ether oxygens (including phenoxy) is 2. The SMILES string of the molecule is COC(=O)c1ccc(OC(F)F)cc1Br. The number of methoxy groups -OCH3 is 1. The smallest absolute Gasteiger partial charge is 0.387 e. The molecule has 6 heteroatoms. The van der Waals surface area contributed by atoms with Crippen LogP contribution in [0.25, 0.3) is 0 Å². The number of esters is 1. The topological polar surface area (TPSA) is 35.5 Å². The fourth-order valence-electron chi connectivity index (χ4n) is 0.948. The molecular formula is C9H7BrF2O3. The molecule has 0 unspecified atom stereocenters. The summed E-state index contributed by atoms with van der Waals surface area (Å²) in [7, 11) is 1.23. The Bertz CT molecular complexity index is 368. The predicted octanol–water partition coefficient (Wildman–Crippen LogP) is 2.84. The van der Waals surface area contributed by atoms with Crippen LogP contribution in [0.4, 0.5) is 8.78 Å². The van der Waals surface area contributed by atoms with E-state index in [1.807, 2.05) is 0 Å². The number of hydrogen-bond acceptors (Lipinski definition) is 3. The van der Waals surface area contributed by atoms with Crippen LogP contribution in [-0.4, -0.2) is 19.7 Å². The summed E-state index contributed by atoms with van der Waals surface area (Å²) in [6.07, 6.45) is 0. The lowest BCUT2D eigenvalue weighted by atomic mass is 10.2. The van der Waals surface area contributed by atoms with Gasteiger partial charge in [0.15, 0.2) is 0 Å². The Morgan fingerprint density at radius 2 is 2.13 bits per heavy atom. The standard InChI is InChI=1S/C9H7BrF2O3/c1-14-8(13)6-3-2-5(4-7(6)10)15-9(11)12/h2-4,9H,1H3. The average molecular weight is 281 g/mol. The number of benzene rings is 1. The molecule has 0 aliphatic carbocycles. The lowest BCUT2D eigenvalue weighted by Gasteiger charge is -2.06. The van der Waals surface area contributed by atoms with Gasteiger partial charge in [0.25, 0.3) is 0 Å². The highest BCUT2D eigenvalue weighted by Crippen LogP contribution is 2.24. The molecule has 0 radical (unpaired) electrons. The lowest BCUT2D eigenvalue weighted by Crippen LogP contribution is -2.05. The van der Waals surface area contributed by atoms with E-state index >= 15 is 0 Å². The first-order valence-corrected chi connectivity index (χ1v) is 4.66. The van der Waals surface area contributed by atoms with E-state index in [0.29, 0.717) is 4.47 Å². The molecule has 0 fully saturated rings. The normalized spacial score (nSPS) is 10.2. The first kappa shape index (κ1) is 11.9. The van der Waals surface area contributed by atoms with Gasteiger partial charge in [0.2, 0.25) is 0 Å². The number of halogens is 3. The van der Waals surface area contributed by atoms with Crippen LogP contribution in [0.15, 0.2) is 22.7 Å². The van der Waals surface area contributed by atoms with E-state index in [0.717, 1.165) is 0 Å². The van der Waals surface area contributed by atoms with Gasteiger partial charge in [-0.15, -0.1) is 0 Å². The van der Waals surface area contributed by atoms with Gasteiger partial charge in [0, 0.05) is 4.47 Å². The molecule has 1 aromatic carbocycles. The van der Waals surface area contributed by atoms with Crippen LogP contribution in [0.3, 0.4) is 0 Å². The van der Waals surface area contributed by atoms with Crippen molar-refractivity contribution in [2.24, 2.45) is 0 Å². The van der Waals surface area contributed by atoms with E-state index in [1.165, 1.54) is 25.3 Å². The monoisotopic (exact) mass is 280 g/mol. The van der Waals surface area contributed by atoms with Crippen LogP contribution in [0.1, 0.15) is 10.4 Å². The quantitative estimate of drug-likeness (QED) is 0.799. The van der Waals surface area contributed by atoms with E-state index in [4.69, 9.17) is 0 Å². The van der Waals surface area contributed by atoms with Crippen molar-refractivity contribution in [3.8, 4) is 5.75 Å². The van der Waals surface area contributed by atoms with Gasteiger partial charge in [-0.2, -0.15) is 8.78 Å². The zero-order valence-corrected chi connectivity index (χ0v) is 9.25. The molecule has 82 valence electrons. The fourth-order valence-corrected chi connectivity index (χ4v) is 1.47. The van der Waals surface area contributed by atoms with Crippen molar-refractivity contribution in [2.45, 2.75) is 6.61 Å². The molecule has 0 bridgehead atoms. The highest BCUT2D eigenvalue weighted by atomic mass is 79.9. The van der Waals surface area contributed by atoms with Gasteiger partial charge in [0.05, 0.1) is 12.7 Å². The van der Waals surface area contributed by atoms with Crippen molar-refractivity contribution in [1.29, 1.82) is 0 Å². The molecular weight excluding hydrogens is 274 g/mol. The summed E-state index contributed by atoms with van der Waals surface area (Å²) in [4.78, 5) is 11.1. The molecule has 0 aliphatic heterocycles. The summed E-state index contributed by atoms with van der Waals surface area (Å²) < 4.78 is 32.7. The third-order valence-corrected chi connectivity index (χ3v) is 2.23. The molecule has 0 heterocycles. The molecule has 0 N–H and O–H groups in total. The van der Waals surface area contributed by atoms with Crippen LogP contribution in [0.2, 0.25) is 0 Å². The molecule has 1 aromatic rings. The van der Waals surface area contributed by atoms with Crippen LogP contribution < -0.4 is 4.74 Å². The van der Waals surface area contributed by atoms with Crippen molar-refractivity contribution < 1.29 is 23.0 Å². The van der Waals surface area contributed by atoms with Gasteiger partial charge in [-0.05, 0) is 34.1 Å². The highest BCUT2D eigenvalue weighted by Gasteiger charge is 2.12. The number of carbonyl (C=O) groups excluding carboxylic acids is 1. The van der Waals surface area contributed by atoms with Crippen molar-refractivity contribution in [3.05, 3.63) is 28.2 Å². The highest BCUT2D eigenvalue weighted by molar-refractivity contribution is 9.10. The Balaban J connectivity index is 2.93. The Labute approximate surface area is 93.1 Å². The first-order valence-electron chi connectivity index (χ1n) is 3.87. The summed E-state index contributed by atoms with van der Waals surface area (Å²) >= 11 is 3.05. The van der Waals surface area contributed by atoms with E-state index in [1.54, 1.807) is 0 Å². The van der Waals surface area contributed by atoms with E-state index in [-0.39, 0.29) is 11.3 Å². The maximum absolute atomic E-state index is 11.8. The number of alkyl halides is 2. The Kier molecular flexibility index (Phi) is 4.02. The Hall–Kier alpha value is -1.17. The van der Waals surface area contributed by atoms with Crippen LogP contribution in [-0.2, 0) is 4.74 Å². The Morgan fingerprint density at radius 1 is 1.47 bits per heavy atom. The molecule has 0 spiro atoms. The zero-order chi connectivity index (χ0) is 11.4. The minimum Gasteiger partial charge on any atom is -0.465 e. The number of hydrogen-bond donors (Lipinski definition) is 0. The van der Waals surface area contributed by atoms with Crippen LogP contribution >= 0.6 is 15.9 Å². The summed E-state index contributed by atoms with van der Waals surface area (Å²) in [6.45, 7) is -2.89. The van der Waals surface area contributed by atoms with Gasteiger partial charge >= 0.3 is 12.6 Å². The maximum atomic E-state index is 11.8. The predicted molar refractivity (Wildman–Crippen MR) is 52.1 cm³/mol. The second-order valence-electron chi connectivity index (χ2n) is 2.51. The molecule has 0 amide bonds. The third kappa shape index (κ3) is 3.16. The van der Waals surface area contributed by atoms with Crippen molar-refractivity contribution >= 4 is 21.9 Å². The van der Waals surface area contributed by atoms with E-state index in [9.17, 15) is 13.6 Å². The Morgan fingerprint density at radius 3 is 2.60 bits per heavy atom. The molecule has 1 rings (SSSR count). The summed E-state index contributed by atoms with van der Waals surface area (Å²) in [5.74, 6) is -0.574. The largest absolute Gasteiger partial charge is 0.465 e. The van der Waals surface area contributed by atoms with Crippen LogP contribution in [0, 0.1) is 0 Å². The van der Waals surface area contributed by atoms with Gasteiger partial charge in [-0.25, -0.2) is 4.79 Å². The fraction of sp³-hybridized carbons (Fsp3) is 0.222. The van der Waals surface area contributed by atoms with Crippen LogP contribution in [0.5, 0.6) is 5.75 Å². The van der Waals surface area contributed by atoms with Crippen molar-refractivity contribution in [3.63, 3.8) is 0 Å². The average Bonchev–Trinajstić information content (AvgIpc) is 2.16. The molecule has 0 saturated heterocycles. The minimum atomic E-state index is -2.89. The van der Waals surface area contributed by atoms with Gasteiger partial charge in [-0.3, -0.25) is 0 Å². The number of rotatable bonds is 3. The third-order valence-electron chi connectivity index (χ3n) is 1.57. The van der Waals surface area contributed by atoms with E-state index in [2.05, 4.69) is 25.4 Å². The first-order chi connectivity index (χ1) is 7.04. The second-order valence-corrected chi connectivity index (χ2v) is 3.37. The summed E-state index contributed by atoms with van der Waals surface area (Å²) in [5.41, 5.74) is 0.249. The lowest BCUT2D eigenvalue weighted by molar-refractivity contribution is -0.0498. The summed E-state index contributed by atoms with van der Waals surface area (Å²) in [5, 5.41) is 0. The molecule has 0 saturated carbocycles. The van der Waals surface area contributed by atoms with Crippen molar-refractivity contribution in [2.75, 3.05) is 7.11 Å². The molecule has 3 nitrogen and oxygen atoms in total. The second kappa shape index (κ2) is 5.06. The van der Waals surface area contributed by atoms with Crippen molar-refractivity contribution in [1.82, 2.24) is 0 Å². The molecule has 0 aromatic heterocycles. The minimum absolute atomic E-state index is 0.0236. The maximum Gasteiger partial charge on any atom is 0.387 e. The summed E-state index contributed by atoms with van der Waals surface area (Å²) in [6, 6.07) is 3.88. The van der Waals surface area contributed by atoms with E-state index < -0.39 is 12.6 Å². The molecule has 0 atom stereocenters. The number of carbonyl (C=O) groups is 1. The molecule has 0 aliphatic rings. The zero-order valence-electron chi connectivity index (χ0n) is 7.67. The van der Waals surface area contributed by atoms with Gasteiger partial charge < -0.3 is 9.47 Å².